The van der Waals surface area contributed by atoms with Crippen molar-refractivity contribution in [2.75, 3.05) is 44.6 Å². The zero-order chi connectivity index (χ0) is 32.5. The zero-order valence-electron chi connectivity index (χ0n) is 25.3. The van der Waals surface area contributed by atoms with Crippen molar-refractivity contribution in [2.24, 2.45) is 0 Å². The van der Waals surface area contributed by atoms with Crippen LogP contribution >= 0.6 is 23.2 Å². The lowest BCUT2D eigenvalue weighted by Crippen LogP contribution is -2.49. The van der Waals surface area contributed by atoms with E-state index in [1.807, 2.05) is 18.7 Å². The van der Waals surface area contributed by atoms with Gasteiger partial charge in [0.05, 0.1) is 22.6 Å². The molecule has 3 aromatic rings. The van der Waals surface area contributed by atoms with Gasteiger partial charge in [0.2, 0.25) is 11.8 Å². The number of fused-ring (bicyclic) bond motifs is 1. The Balaban J connectivity index is 1.29. The smallest absolute Gasteiger partial charge is 0.256 e. The summed E-state index contributed by atoms with van der Waals surface area (Å²) in [6.07, 6.45) is 1.86. The molecule has 0 unspecified atom stereocenters. The predicted octanol–water partition coefficient (Wildman–Crippen LogP) is 4.23. The molecule has 3 amide bonds. The van der Waals surface area contributed by atoms with Crippen LogP contribution in [0.2, 0.25) is 10.0 Å². The molecule has 0 spiro atoms. The molecule has 5 rings (SSSR count). The highest BCUT2D eigenvalue weighted by Gasteiger charge is 2.28. The van der Waals surface area contributed by atoms with Crippen molar-refractivity contribution in [1.29, 1.82) is 0 Å². The highest BCUT2D eigenvalue weighted by Crippen LogP contribution is 2.37. The summed E-state index contributed by atoms with van der Waals surface area (Å²) in [4.78, 5) is 44.7. The minimum Gasteiger partial charge on any atom is -0.359 e. The summed E-state index contributed by atoms with van der Waals surface area (Å²) in [5.74, 6) is -0.773. The Morgan fingerprint density at radius 1 is 1.02 bits per heavy atom. The molecule has 2 aliphatic rings. The minimum absolute atomic E-state index is 0.0390. The summed E-state index contributed by atoms with van der Waals surface area (Å²) in [5, 5.41) is 6.31. The second-order valence-corrected chi connectivity index (χ2v) is 14.1. The summed E-state index contributed by atoms with van der Waals surface area (Å²) in [5.41, 5.74) is 4.71. The van der Waals surface area contributed by atoms with Crippen LogP contribution in [0.4, 0.5) is 5.69 Å². The summed E-state index contributed by atoms with van der Waals surface area (Å²) in [7, 11) is -3.85. The molecule has 238 valence electrons. The number of aromatic nitrogens is 1. The monoisotopic (exact) mass is 671 g/mol. The average Bonchev–Trinajstić information content (AvgIpc) is 3.44. The van der Waals surface area contributed by atoms with Crippen LogP contribution in [-0.4, -0.2) is 80.2 Å². The van der Waals surface area contributed by atoms with Gasteiger partial charge < -0.3 is 20.5 Å². The van der Waals surface area contributed by atoms with Crippen molar-refractivity contribution in [3.8, 4) is 0 Å². The van der Waals surface area contributed by atoms with Crippen molar-refractivity contribution in [3.63, 3.8) is 0 Å². The van der Waals surface area contributed by atoms with Gasteiger partial charge in [0.25, 0.3) is 5.91 Å². The quantitative estimate of drug-likeness (QED) is 0.292. The molecule has 0 bridgehead atoms. The molecule has 13 heteroatoms. The minimum atomic E-state index is -3.85. The zero-order valence-corrected chi connectivity index (χ0v) is 27.6. The number of H-pyrrole nitrogens is 1. The topological polar surface area (TPSA) is 132 Å². The first-order valence-electron chi connectivity index (χ1n) is 14.6. The van der Waals surface area contributed by atoms with E-state index in [2.05, 4.69) is 20.5 Å². The maximum absolute atomic E-state index is 13.4. The Kier molecular flexibility index (Phi) is 9.74. The van der Waals surface area contributed by atoms with Crippen LogP contribution in [0.3, 0.4) is 0 Å². The third-order valence-electron chi connectivity index (χ3n) is 8.35. The fourth-order valence-electron chi connectivity index (χ4n) is 5.68. The molecule has 45 heavy (non-hydrogen) atoms. The lowest BCUT2D eigenvalue weighted by Gasteiger charge is -2.34. The molecular weight excluding hydrogens is 637 g/mol. The second kappa shape index (κ2) is 13.4. The number of amides is 3. The molecule has 2 aliphatic heterocycles. The molecule has 1 saturated heterocycles. The van der Waals surface area contributed by atoms with E-state index < -0.39 is 9.84 Å². The summed E-state index contributed by atoms with van der Waals surface area (Å²) < 4.78 is 26.7. The number of aromatic amines is 1. The van der Waals surface area contributed by atoms with Crippen molar-refractivity contribution >= 4 is 68.1 Å². The Morgan fingerprint density at radius 2 is 1.71 bits per heavy atom. The van der Waals surface area contributed by atoms with Crippen LogP contribution in [0, 0.1) is 13.8 Å². The van der Waals surface area contributed by atoms with Crippen molar-refractivity contribution in [1.82, 2.24) is 20.1 Å². The molecule has 0 saturated carbocycles. The van der Waals surface area contributed by atoms with E-state index in [1.54, 1.807) is 37.3 Å². The second-order valence-electron chi connectivity index (χ2n) is 11.3. The lowest BCUT2D eigenvalue weighted by molar-refractivity contribution is -0.130. The van der Waals surface area contributed by atoms with E-state index in [1.165, 1.54) is 12.1 Å². The molecule has 0 atom stereocenters. The number of nitrogens with zero attached hydrogens (tertiary/aromatic N) is 2. The maximum atomic E-state index is 13.4. The van der Waals surface area contributed by atoms with Crippen molar-refractivity contribution < 1.29 is 22.8 Å². The number of sulfone groups is 1. The van der Waals surface area contributed by atoms with Gasteiger partial charge in [-0.25, -0.2) is 8.42 Å². The number of carbonyl (C=O) groups excluding carboxylic acids is 3. The number of aryl methyl sites for hydroxylation is 1. The number of benzene rings is 2. The molecule has 3 heterocycles. The highest BCUT2D eigenvalue weighted by molar-refractivity contribution is 7.90. The molecule has 10 nitrogen and oxygen atoms in total. The molecule has 3 N–H and O–H groups in total. The number of hydrogen-bond acceptors (Lipinski definition) is 6. The van der Waals surface area contributed by atoms with Crippen LogP contribution < -0.4 is 10.6 Å². The highest BCUT2D eigenvalue weighted by atomic mass is 35.5. The van der Waals surface area contributed by atoms with Crippen LogP contribution in [0.5, 0.6) is 0 Å². The van der Waals surface area contributed by atoms with Gasteiger partial charge >= 0.3 is 0 Å². The fourth-order valence-corrected chi connectivity index (χ4v) is 7.80. The number of piperazine rings is 1. The molecule has 2 aromatic carbocycles. The summed E-state index contributed by atoms with van der Waals surface area (Å²) in [6, 6.07) is 9.33. The van der Waals surface area contributed by atoms with Gasteiger partial charge in [0.15, 0.2) is 9.84 Å². The standard InChI is InChI=1S/C32H35Cl2N5O5S/c1-19-23(17-31(41)35-9-10-38-11-13-39(14-12-38)21(3)40)20(2)36-30(19)16-25-24-15-22(7-8-29(24)37-32(25)42)45(43,44)18-26-27(33)5-4-6-28(26)34/h4-8,15-16,36H,9-14,17-18H2,1-3H3,(H,35,41)(H,37,42). The third-order valence-corrected chi connectivity index (χ3v) is 10.7. The van der Waals surface area contributed by atoms with E-state index in [0.29, 0.717) is 54.3 Å². The first-order chi connectivity index (χ1) is 21.3. The van der Waals surface area contributed by atoms with E-state index in [-0.39, 0.29) is 44.8 Å². The van der Waals surface area contributed by atoms with Crippen molar-refractivity contribution in [2.45, 2.75) is 37.8 Å². The Hall–Kier alpha value is -3.64. The first kappa shape index (κ1) is 32.7. The summed E-state index contributed by atoms with van der Waals surface area (Å²) >= 11 is 12.5. The van der Waals surface area contributed by atoms with E-state index in [0.717, 1.165) is 29.9 Å². The largest absolute Gasteiger partial charge is 0.359 e. The van der Waals surface area contributed by atoms with Gasteiger partial charge in [0, 0.05) is 84.4 Å². The van der Waals surface area contributed by atoms with E-state index >= 15 is 0 Å². The van der Waals surface area contributed by atoms with Crippen LogP contribution in [0.25, 0.3) is 11.6 Å². The predicted molar refractivity (Wildman–Crippen MR) is 176 cm³/mol. The first-order valence-corrected chi connectivity index (χ1v) is 17.0. The maximum Gasteiger partial charge on any atom is 0.256 e. The Morgan fingerprint density at radius 3 is 2.38 bits per heavy atom. The number of carbonyl (C=O) groups is 3. The van der Waals surface area contributed by atoms with Crippen LogP contribution in [0.15, 0.2) is 41.3 Å². The van der Waals surface area contributed by atoms with Crippen molar-refractivity contribution in [3.05, 3.63) is 80.1 Å². The molecule has 0 radical (unpaired) electrons. The Labute approximate surface area is 272 Å². The van der Waals surface area contributed by atoms with Gasteiger partial charge in [0.1, 0.15) is 0 Å². The van der Waals surface area contributed by atoms with Gasteiger partial charge in [-0.15, -0.1) is 0 Å². The molecular formula is C32H35Cl2N5O5S. The molecule has 0 aliphatic carbocycles. The number of anilines is 1. The fraction of sp³-hybridized carbons (Fsp3) is 0.344. The number of hydrogen-bond donors (Lipinski definition) is 3. The van der Waals surface area contributed by atoms with Crippen LogP contribution in [-0.2, 0) is 36.4 Å². The summed E-state index contributed by atoms with van der Waals surface area (Å²) in [6.45, 7) is 9.50. The molecule has 1 fully saturated rings. The third kappa shape index (κ3) is 7.27. The van der Waals surface area contributed by atoms with Gasteiger partial charge in [-0.3, -0.25) is 19.3 Å². The molecule has 1 aromatic heterocycles. The number of rotatable bonds is 9. The van der Waals surface area contributed by atoms with Gasteiger partial charge in [-0.1, -0.05) is 29.3 Å². The van der Waals surface area contributed by atoms with E-state index in [9.17, 15) is 22.8 Å². The van der Waals surface area contributed by atoms with Gasteiger partial charge in [-0.2, -0.15) is 0 Å². The number of nitrogens with one attached hydrogen (secondary N) is 3. The van der Waals surface area contributed by atoms with Crippen LogP contribution in [0.1, 0.15) is 40.6 Å². The normalized spacial score (nSPS) is 16.2. The Bertz CT molecular complexity index is 1790. The SMILES string of the molecule is CC(=O)N1CCN(CCNC(=O)Cc2c(C)[nH]c(C=C3C(=O)Nc4ccc(S(=O)(=O)Cc5c(Cl)cccc5Cl)cc43)c2C)CC1. The number of halogens is 2. The van der Waals surface area contributed by atoms with E-state index in [4.69, 9.17) is 23.2 Å². The van der Waals surface area contributed by atoms with Gasteiger partial charge in [-0.05, 0) is 61.4 Å². The average molecular weight is 673 g/mol. The lowest BCUT2D eigenvalue weighted by atomic mass is 10.0.